The van der Waals surface area contributed by atoms with E-state index >= 15 is 0 Å². The fraction of sp³-hybridized carbons (Fsp3) is 0.0968. The highest BCUT2D eigenvalue weighted by molar-refractivity contribution is 7.27. The van der Waals surface area contributed by atoms with Crippen molar-refractivity contribution in [2.75, 3.05) is 9.80 Å². The maximum absolute atomic E-state index is 2.48. The van der Waals surface area contributed by atoms with Gasteiger partial charge in [0.25, 0.3) is 0 Å². The lowest BCUT2D eigenvalue weighted by molar-refractivity contribution is 1.29. The molecule has 0 N–H and O–H groups in total. The standard InChI is InChI=1S/C62H52N2S2/c1-41-17-29-49(30-18-41)55-57(47-13-9-7-10-14-47)61(63(51-33-21-43(3)22-34-51)52-35-23-44(4)24-36-52)65-59(55)60-56(50-31-19-42(2)20-32-50)58(48-15-11-8-12-16-48)62(66-60)64(53-37-25-45(5)26-38-53)54-39-27-46(6)28-40-54/h7-40H,1-6H3. The Kier molecular flexibility index (Phi) is 11.9. The molecule has 0 fully saturated rings. The first-order valence-corrected chi connectivity index (χ1v) is 24.3. The van der Waals surface area contributed by atoms with E-state index in [4.69, 9.17) is 0 Å². The molecule has 0 aliphatic carbocycles. The summed E-state index contributed by atoms with van der Waals surface area (Å²) in [5.74, 6) is 0. The Balaban J connectivity index is 1.39. The molecule has 0 aliphatic rings. The van der Waals surface area contributed by atoms with Crippen LogP contribution in [0.3, 0.4) is 0 Å². The minimum atomic E-state index is 1.12. The van der Waals surface area contributed by atoms with Crippen molar-refractivity contribution in [3.05, 3.63) is 240 Å². The molecule has 66 heavy (non-hydrogen) atoms. The fourth-order valence-corrected chi connectivity index (χ4v) is 11.7. The van der Waals surface area contributed by atoms with Gasteiger partial charge in [0.15, 0.2) is 0 Å². The van der Waals surface area contributed by atoms with Crippen LogP contribution in [0, 0.1) is 41.5 Å². The summed E-state index contributed by atoms with van der Waals surface area (Å²) >= 11 is 3.79. The Hall–Kier alpha value is -7.24. The fourth-order valence-electron chi connectivity index (χ4n) is 8.75. The largest absolute Gasteiger partial charge is 0.301 e. The number of anilines is 6. The van der Waals surface area contributed by atoms with Crippen molar-refractivity contribution in [3.8, 4) is 54.3 Å². The number of thiophene rings is 2. The summed E-state index contributed by atoms with van der Waals surface area (Å²) < 4.78 is 0. The van der Waals surface area contributed by atoms with Gasteiger partial charge in [-0.2, -0.15) is 0 Å². The third-order valence-corrected chi connectivity index (χ3v) is 14.9. The normalized spacial score (nSPS) is 11.2. The monoisotopic (exact) mass is 888 g/mol. The lowest BCUT2D eigenvalue weighted by Gasteiger charge is -2.26. The van der Waals surface area contributed by atoms with Crippen molar-refractivity contribution in [2.45, 2.75) is 41.5 Å². The molecule has 0 spiro atoms. The summed E-state index contributed by atoms with van der Waals surface area (Å²) in [6, 6.07) is 76.4. The predicted molar refractivity (Wildman–Crippen MR) is 287 cm³/mol. The summed E-state index contributed by atoms with van der Waals surface area (Å²) in [5.41, 5.74) is 21.4. The second kappa shape index (κ2) is 18.3. The lowest BCUT2D eigenvalue weighted by atomic mass is 9.91. The Morgan fingerprint density at radius 3 is 0.727 bits per heavy atom. The molecule has 4 heteroatoms. The maximum Gasteiger partial charge on any atom is 0.109 e. The Bertz CT molecular complexity index is 2920. The third-order valence-electron chi connectivity index (χ3n) is 12.4. The maximum atomic E-state index is 2.48. The van der Waals surface area contributed by atoms with Gasteiger partial charge in [0.1, 0.15) is 10.0 Å². The van der Waals surface area contributed by atoms with Gasteiger partial charge < -0.3 is 9.80 Å². The molecule has 2 aromatic heterocycles. The molecule has 322 valence electrons. The van der Waals surface area contributed by atoms with E-state index in [1.165, 1.54) is 97.6 Å². The first kappa shape index (κ1) is 42.7. The number of hydrogen-bond donors (Lipinski definition) is 0. The van der Waals surface area contributed by atoms with Crippen LogP contribution in [0.1, 0.15) is 33.4 Å². The van der Waals surface area contributed by atoms with Gasteiger partial charge in [-0.15, -0.1) is 22.7 Å². The van der Waals surface area contributed by atoms with Crippen LogP contribution < -0.4 is 9.80 Å². The van der Waals surface area contributed by atoms with Gasteiger partial charge in [0, 0.05) is 45.0 Å². The topological polar surface area (TPSA) is 6.48 Å². The van der Waals surface area contributed by atoms with Gasteiger partial charge in [-0.3, -0.25) is 0 Å². The van der Waals surface area contributed by atoms with Crippen molar-refractivity contribution in [2.24, 2.45) is 0 Å². The number of hydrogen-bond acceptors (Lipinski definition) is 4. The highest BCUT2D eigenvalue weighted by atomic mass is 32.1. The molecule has 10 rings (SSSR count). The van der Waals surface area contributed by atoms with E-state index in [0.717, 1.165) is 22.7 Å². The Morgan fingerprint density at radius 1 is 0.242 bits per heavy atom. The van der Waals surface area contributed by atoms with E-state index in [1.54, 1.807) is 0 Å². The van der Waals surface area contributed by atoms with Crippen LogP contribution in [0.15, 0.2) is 206 Å². The highest BCUT2D eigenvalue weighted by Gasteiger charge is 2.33. The molecule has 0 aliphatic heterocycles. The van der Waals surface area contributed by atoms with E-state index in [1.807, 2.05) is 22.7 Å². The molecule has 2 nitrogen and oxygen atoms in total. The van der Waals surface area contributed by atoms with E-state index < -0.39 is 0 Å². The molecule has 0 saturated heterocycles. The Labute approximate surface area is 398 Å². The van der Waals surface area contributed by atoms with Crippen molar-refractivity contribution < 1.29 is 0 Å². The molecule has 2 heterocycles. The van der Waals surface area contributed by atoms with E-state index in [0.29, 0.717) is 0 Å². The number of rotatable bonds is 11. The van der Waals surface area contributed by atoms with Crippen molar-refractivity contribution in [1.82, 2.24) is 0 Å². The van der Waals surface area contributed by atoms with Crippen LogP contribution in [-0.4, -0.2) is 0 Å². The summed E-state index contributed by atoms with van der Waals surface area (Å²) in [5, 5.41) is 2.33. The summed E-state index contributed by atoms with van der Waals surface area (Å²) in [6.45, 7) is 13.0. The number of benzene rings is 8. The number of nitrogens with zero attached hydrogens (tertiary/aromatic N) is 2. The van der Waals surface area contributed by atoms with Crippen LogP contribution in [0.2, 0.25) is 0 Å². The summed E-state index contributed by atoms with van der Waals surface area (Å²) in [4.78, 5) is 7.43. The minimum absolute atomic E-state index is 1.12. The summed E-state index contributed by atoms with van der Waals surface area (Å²) in [7, 11) is 0. The van der Waals surface area contributed by atoms with E-state index in [9.17, 15) is 0 Å². The van der Waals surface area contributed by atoms with E-state index in [2.05, 4.69) is 258 Å². The van der Waals surface area contributed by atoms with Crippen molar-refractivity contribution >= 4 is 55.4 Å². The molecule has 0 radical (unpaired) electrons. The zero-order valence-electron chi connectivity index (χ0n) is 38.3. The van der Waals surface area contributed by atoms with Gasteiger partial charge >= 0.3 is 0 Å². The van der Waals surface area contributed by atoms with Gasteiger partial charge in [0.05, 0.1) is 9.75 Å². The quantitative estimate of drug-likeness (QED) is 0.128. The molecule has 0 bridgehead atoms. The molecule has 8 aromatic carbocycles. The van der Waals surface area contributed by atoms with Gasteiger partial charge in [-0.25, -0.2) is 0 Å². The van der Waals surface area contributed by atoms with Crippen molar-refractivity contribution in [1.29, 1.82) is 0 Å². The van der Waals surface area contributed by atoms with Crippen LogP contribution in [0.25, 0.3) is 54.3 Å². The predicted octanol–water partition coefficient (Wildman–Crippen LogP) is 18.9. The minimum Gasteiger partial charge on any atom is -0.301 e. The van der Waals surface area contributed by atoms with Crippen molar-refractivity contribution in [3.63, 3.8) is 0 Å². The first-order valence-electron chi connectivity index (χ1n) is 22.7. The average Bonchev–Trinajstić information content (AvgIpc) is 3.92. The molecule has 0 unspecified atom stereocenters. The SMILES string of the molecule is Cc1ccc(-c2c(-c3sc(N(c4ccc(C)cc4)c4ccc(C)cc4)c(-c4ccccc4)c3-c3ccc(C)cc3)sc(N(c3ccc(C)cc3)c3ccc(C)cc3)c2-c2ccccc2)cc1. The molecule has 0 amide bonds. The van der Waals surface area contributed by atoms with Gasteiger partial charge in [0.2, 0.25) is 0 Å². The van der Waals surface area contributed by atoms with E-state index in [-0.39, 0.29) is 0 Å². The smallest absolute Gasteiger partial charge is 0.109 e. The molecule has 0 atom stereocenters. The second-order valence-corrected chi connectivity index (χ2v) is 19.4. The van der Waals surface area contributed by atoms with Gasteiger partial charge in [-0.05, 0) is 112 Å². The van der Waals surface area contributed by atoms with Crippen LogP contribution >= 0.6 is 22.7 Å². The zero-order chi connectivity index (χ0) is 45.3. The lowest BCUT2D eigenvalue weighted by Crippen LogP contribution is -2.09. The highest BCUT2D eigenvalue weighted by Crippen LogP contribution is 2.62. The zero-order valence-corrected chi connectivity index (χ0v) is 40.0. The second-order valence-electron chi connectivity index (χ2n) is 17.4. The van der Waals surface area contributed by atoms with Gasteiger partial charge in [-0.1, -0.05) is 191 Å². The molecule has 10 aromatic rings. The number of aryl methyl sites for hydroxylation is 6. The van der Waals surface area contributed by atoms with Crippen LogP contribution in [0.4, 0.5) is 32.8 Å². The van der Waals surface area contributed by atoms with Crippen LogP contribution in [-0.2, 0) is 0 Å². The molecular formula is C62H52N2S2. The van der Waals surface area contributed by atoms with Crippen LogP contribution in [0.5, 0.6) is 0 Å². The first-order chi connectivity index (χ1) is 32.2. The molecule has 0 saturated carbocycles. The molecular weight excluding hydrogens is 837 g/mol. The Morgan fingerprint density at radius 2 is 0.470 bits per heavy atom. The summed E-state index contributed by atoms with van der Waals surface area (Å²) in [6.07, 6.45) is 0. The average molecular weight is 889 g/mol. The third kappa shape index (κ3) is 8.42.